The van der Waals surface area contributed by atoms with Gasteiger partial charge in [-0.25, -0.2) is 0 Å². The van der Waals surface area contributed by atoms with E-state index in [2.05, 4.69) is 10.4 Å². The van der Waals surface area contributed by atoms with Gasteiger partial charge in [-0.3, -0.25) is 14.3 Å². The fraction of sp³-hybridized carbons (Fsp3) is 0.381. The highest BCUT2D eigenvalue weighted by molar-refractivity contribution is 6.31. The monoisotopic (exact) mass is 415 g/mol. The van der Waals surface area contributed by atoms with Crippen molar-refractivity contribution in [1.29, 1.82) is 0 Å². The predicted octanol–water partition coefficient (Wildman–Crippen LogP) is 3.62. The Morgan fingerprint density at radius 1 is 1.14 bits per heavy atom. The Labute approximate surface area is 175 Å². The first-order chi connectivity index (χ1) is 13.8. The molecule has 0 saturated carbocycles. The third-order valence-corrected chi connectivity index (χ3v) is 5.61. The van der Waals surface area contributed by atoms with Crippen molar-refractivity contribution in [2.75, 3.05) is 18.4 Å². The van der Waals surface area contributed by atoms with Crippen molar-refractivity contribution in [2.45, 2.75) is 40.8 Å². The zero-order valence-electron chi connectivity index (χ0n) is 17.2. The van der Waals surface area contributed by atoms with E-state index < -0.39 is 0 Å². The molecule has 3 rings (SSSR count). The van der Waals surface area contributed by atoms with Crippen LogP contribution >= 0.6 is 11.6 Å². The van der Waals surface area contributed by atoms with E-state index in [1.54, 1.807) is 4.68 Å². The first-order valence-electron chi connectivity index (χ1n) is 9.70. The lowest BCUT2D eigenvalue weighted by Gasteiger charge is -2.19. The molecule has 0 atom stereocenters. The van der Waals surface area contributed by atoms with E-state index in [4.69, 9.17) is 11.6 Å². The Bertz CT molecular complexity index is 1050. The molecule has 0 aliphatic heterocycles. The van der Waals surface area contributed by atoms with Crippen molar-refractivity contribution in [1.82, 2.24) is 19.2 Å². The number of nitrogens with zero attached hydrogens (tertiary/aromatic N) is 4. The molecule has 7 nitrogen and oxygen atoms in total. The lowest BCUT2D eigenvalue weighted by molar-refractivity contribution is -0.131. The standard InChI is InChI=1S/C21H26ClN5O2/c1-5-25(6-2)20(29)13-26-10-9-16-11-17(7-8-18(16)26)23-19(28)12-27-15(4)21(22)14(3)24-27/h7-11H,5-6,12-13H2,1-4H3,(H,23,28). The van der Waals surface area contributed by atoms with Gasteiger partial charge in [-0.2, -0.15) is 5.10 Å². The van der Waals surface area contributed by atoms with Crippen LogP contribution in [0.1, 0.15) is 25.2 Å². The van der Waals surface area contributed by atoms with Crippen LogP contribution in [0.3, 0.4) is 0 Å². The van der Waals surface area contributed by atoms with Crippen LogP contribution in [-0.4, -0.2) is 44.2 Å². The largest absolute Gasteiger partial charge is 0.342 e. The maximum Gasteiger partial charge on any atom is 0.246 e. The molecule has 0 unspecified atom stereocenters. The minimum absolute atomic E-state index is 0.0911. The normalized spacial score (nSPS) is 11.1. The second kappa shape index (κ2) is 8.69. The van der Waals surface area contributed by atoms with Crippen molar-refractivity contribution in [3.8, 4) is 0 Å². The first-order valence-corrected chi connectivity index (χ1v) is 10.1. The number of carbonyl (C=O) groups is 2. The van der Waals surface area contributed by atoms with Gasteiger partial charge >= 0.3 is 0 Å². The summed E-state index contributed by atoms with van der Waals surface area (Å²) < 4.78 is 3.53. The molecule has 29 heavy (non-hydrogen) atoms. The number of rotatable bonds is 7. The van der Waals surface area contributed by atoms with Crippen LogP contribution in [0.2, 0.25) is 5.02 Å². The van der Waals surface area contributed by atoms with Crippen LogP contribution in [0, 0.1) is 13.8 Å². The number of carbonyl (C=O) groups excluding carboxylic acids is 2. The van der Waals surface area contributed by atoms with Gasteiger partial charge in [0.2, 0.25) is 11.8 Å². The number of aromatic nitrogens is 3. The molecule has 3 aromatic rings. The molecule has 2 aromatic heterocycles. The summed E-state index contributed by atoms with van der Waals surface area (Å²) in [7, 11) is 0. The highest BCUT2D eigenvalue weighted by Gasteiger charge is 2.14. The lowest BCUT2D eigenvalue weighted by Crippen LogP contribution is -2.33. The molecule has 0 aliphatic rings. The minimum atomic E-state index is -0.178. The molecule has 0 bridgehead atoms. The van der Waals surface area contributed by atoms with Gasteiger partial charge in [-0.1, -0.05) is 11.6 Å². The number of fused-ring (bicyclic) bond motifs is 1. The number of hydrogen-bond acceptors (Lipinski definition) is 3. The molecule has 0 spiro atoms. The van der Waals surface area contributed by atoms with Gasteiger partial charge in [0.1, 0.15) is 13.1 Å². The number of aryl methyl sites for hydroxylation is 1. The summed E-state index contributed by atoms with van der Waals surface area (Å²) in [6.07, 6.45) is 1.90. The van der Waals surface area contributed by atoms with E-state index in [1.807, 2.05) is 67.6 Å². The van der Waals surface area contributed by atoms with Crippen molar-refractivity contribution in [2.24, 2.45) is 0 Å². The van der Waals surface area contributed by atoms with E-state index in [9.17, 15) is 9.59 Å². The van der Waals surface area contributed by atoms with E-state index in [-0.39, 0.29) is 18.4 Å². The highest BCUT2D eigenvalue weighted by Crippen LogP contribution is 2.22. The van der Waals surface area contributed by atoms with Gasteiger partial charge in [0.05, 0.1) is 16.4 Å². The van der Waals surface area contributed by atoms with Crippen molar-refractivity contribution in [3.63, 3.8) is 0 Å². The molecule has 0 saturated heterocycles. The predicted molar refractivity (Wildman–Crippen MR) is 115 cm³/mol. The average Bonchev–Trinajstić information content (AvgIpc) is 3.18. The summed E-state index contributed by atoms with van der Waals surface area (Å²) in [4.78, 5) is 26.6. The Balaban J connectivity index is 1.71. The van der Waals surface area contributed by atoms with Gasteiger partial charge in [0.25, 0.3) is 0 Å². The fourth-order valence-electron chi connectivity index (χ4n) is 3.40. The number of halogens is 1. The zero-order valence-corrected chi connectivity index (χ0v) is 18.0. The van der Waals surface area contributed by atoms with Crippen LogP contribution in [0.15, 0.2) is 30.5 Å². The summed E-state index contributed by atoms with van der Waals surface area (Å²) in [5, 5.41) is 8.73. The highest BCUT2D eigenvalue weighted by atomic mass is 35.5. The van der Waals surface area contributed by atoms with Gasteiger partial charge in [0.15, 0.2) is 0 Å². The number of amides is 2. The van der Waals surface area contributed by atoms with Gasteiger partial charge in [0, 0.05) is 35.9 Å². The number of nitrogens with one attached hydrogen (secondary N) is 1. The number of anilines is 1. The molecule has 2 heterocycles. The molecule has 1 N–H and O–H groups in total. The summed E-state index contributed by atoms with van der Waals surface area (Å²) >= 11 is 6.14. The molecule has 0 fully saturated rings. The second-order valence-electron chi connectivity index (χ2n) is 6.97. The van der Waals surface area contributed by atoms with Crippen molar-refractivity contribution >= 4 is 40.0 Å². The summed E-state index contributed by atoms with van der Waals surface area (Å²) in [6, 6.07) is 7.61. The average molecular weight is 416 g/mol. The molecule has 8 heteroatoms. The SMILES string of the molecule is CCN(CC)C(=O)Cn1ccc2cc(NC(=O)Cn3nc(C)c(Cl)c3C)ccc21. The van der Waals surface area contributed by atoms with E-state index in [1.165, 1.54) is 0 Å². The molecule has 0 radical (unpaired) electrons. The van der Waals surface area contributed by atoms with Crippen LogP contribution in [0.25, 0.3) is 10.9 Å². The van der Waals surface area contributed by atoms with E-state index in [0.717, 1.165) is 16.6 Å². The Kier molecular flexibility index (Phi) is 6.27. The molecule has 2 amide bonds. The Hall–Kier alpha value is -2.80. The van der Waals surface area contributed by atoms with Crippen LogP contribution in [0.5, 0.6) is 0 Å². The maximum atomic E-state index is 12.4. The quantitative estimate of drug-likeness (QED) is 0.640. The van der Waals surface area contributed by atoms with Crippen LogP contribution < -0.4 is 5.32 Å². The summed E-state index contributed by atoms with van der Waals surface area (Å²) in [6.45, 7) is 9.40. The smallest absolute Gasteiger partial charge is 0.246 e. The molecule has 1 aromatic carbocycles. The molecular formula is C21H26ClN5O2. The number of benzene rings is 1. The third kappa shape index (κ3) is 4.45. The lowest BCUT2D eigenvalue weighted by atomic mass is 10.2. The number of hydrogen-bond donors (Lipinski definition) is 1. The van der Waals surface area contributed by atoms with Crippen molar-refractivity contribution < 1.29 is 9.59 Å². The summed E-state index contributed by atoms with van der Waals surface area (Å²) in [5.41, 5.74) is 3.13. The topological polar surface area (TPSA) is 72.2 Å². The van der Waals surface area contributed by atoms with Gasteiger partial charge in [-0.05, 0) is 52.0 Å². The Morgan fingerprint density at radius 2 is 1.86 bits per heavy atom. The second-order valence-corrected chi connectivity index (χ2v) is 7.35. The minimum Gasteiger partial charge on any atom is -0.342 e. The van der Waals surface area contributed by atoms with E-state index in [0.29, 0.717) is 36.0 Å². The zero-order chi connectivity index (χ0) is 21.1. The molecule has 154 valence electrons. The van der Waals surface area contributed by atoms with Crippen molar-refractivity contribution in [3.05, 3.63) is 46.9 Å². The fourth-order valence-corrected chi connectivity index (χ4v) is 3.54. The van der Waals surface area contributed by atoms with Crippen LogP contribution in [0.4, 0.5) is 5.69 Å². The number of likely N-dealkylation sites (N-methyl/N-ethyl adjacent to an activating group) is 1. The Morgan fingerprint density at radius 3 is 2.48 bits per heavy atom. The maximum absolute atomic E-state index is 12.4. The van der Waals surface area contributed by atoms with Gasteiger partial charge in [-0.15, -0.1) is 0 Å². The van der Waals surface area contributed by atoms with Crippen LogP contribution in [-0.2, 0) is 22.7 Å². The summed E-state index contributed by atoms with van der Waals surface area (Å²) in [5.74, 6) is -0.0869. The first kappa shape index (κ1) is 20.9. The third-order valence-electron chi connectivity index (χ3n) is 5.06. The molecular weight excluding hydrogens is 390 g/mol. The van der Waals surface area contributed by atoms with E-state index >= 15 is 0 Å². The molecule has 0 aliphatic carbocycles. The van der Waals surface area contributed by atoms with Gasteiger partial charge < -0.3 is 14.8 Å².